The van der Waals surface area contributed by atoms with Crippen molar-refractivity contribution in [2.75, 3.05) is 10.6 Å². The highest BCUT2D eigenvalue weighted by atomic mass is 19.2. The Morgan fingerprint density at radius 2 is 1.74 bits per heavy atom. The number of halogens is 3. The summed E-state index contributed by atoms with van der Waals surface area (Å²) in [7, 11) is 0. The summed E-state index contributed by atoms with van der Waals surface area (Å²) in [5, 5.41) is 5.14. The number of nitrogens with zero attached hydrogens (tertiary/aromatic N) is 2. The molecule has 0 saturated carbocycles. The van der Waals surface area contributed by atoms with Crippen LogP contribution in [0.15, 0.2) is 42.6 Å². The number of rotatable bonds is 4. The van der Waals surface area contributed by atoms with Crippen molar-refractivity contribution < 1.29 is 18.0 Å². The smallest absolute Gasteiger partial charge is 0.274 e. The molecule has 0 fully saturated rings. The molecule has 2 N–H and O–H groups in total. The average Bonchev–Trinajstić information content (AvgIpc) is 2.65. The second-order valence-corrected chi connectivity index (χ2v) is 5.87. The predicted molar refractivity (Wildman–Crippen MR) is 95.5 cm³/mol. The Balaban J connectivity index is 1.80. The summed E-state index contributed by atoms with van der Waals surface area (Å²) in [4.78, 5) is 20.2. The highest BCUT2D eigenvalue weighted by molar-refractivity contribution is 6.03. The van der Waals surface area contributed by atoms with Crippen LogP contribution in [0.1, 0.15) is 21.6 Å². The average molecular weight is 372 g/mol. The van der Waals surface area contributed by atoms with Gasteiger partial charge in [-0.25, -0.2) is 23.1 Å². The van der Waals surface area contributed by atoms with Gasteiger partial charge >= 0.3 is 0 Å². The van der Waals surface area contributed by atoms with E-state index in [0.717, 1.165) is 23.3 Å². The van der Waals surface area contributed by atoms with Gasteiger partial charge < -0.3 is 10.6 Å². The number of benzene rings is 2. The summed E-state index contributed by atoms with van der Waals surface area (Å²) < 4.78 is 40.1. The molecule has 5 nitrogen and oxygen atoms in total. The molecule has 3 aromatic rings. The number of aryl methyl sites for hydroxylation is 2. The number of nitrogens with one attached hydrogen (secondary N) is 2. The summed E-state index contributed by atoms with van der Waals surface area (Å²) >= 11 is 0. The van der Waals surface area contributed by atoms with E-state index in [2.05, 4.69) is 20.6 Å². The molecule has 1 heterocycles. The molecular formula is C19H15F3N4O. The zero-order valence-electron chi connectivity index (χ0n) is 14.5. The molecule has 2 aromatic carbocycles. The Bertz CT molecular complexity index is 1020. The van der Waals surface area contributed by atoms with Crippen molar-refractivity contribution in [2.45, 2.75) is 13.8 Å². The Morgan fingerprint density at radius 1 is 0.963 bits per heavy atom. The Hall–Kier alpha value is -3.42. The normalized spacial score (nSPS) is 10.6. The maximum absolute atomic E-state index is 13.8. The van der Waals surface area contributed by atoms with E-state index in [-0.39, 0.29) is 17.3 Å². The zero-order chi connectivity index (χ0) is 19.6. The number of hydrogen-bond donors (Lipinski definition) is 2. The molecule has 0 spiro atoms. The quantitative estimate of drug-likeness (QED) is 0.662. The van der Waals surface area contributed by atoms with E-state index in [9.17, 15) is 18.0 Å². The maximum atomic E-state index is 13.8. The van der Waals surface area contributed by atoms with E-state index >= 15 is 0 Å². The number of hydrogen-bond acceptors (Lipinski definition) is 4. The van der Waals surface area contributed by atoms with Gasteiger partial charge in [0.25, 0.3) is 5.91 Å². The fourth-order valence-electron chi connectivity index (χ4n) is 2.30. The minimum Gasteiger partial charge on any atom is -0.322 e. The number of carbonyl (C=O) groups excluding carboxylic acids is 1. The molecule has 1 amide bonds. The van der Waals surface area contributed by atoms with Crippen LogP contribution in [0.5, 0.6) is 0 Å². The van der Waals surface area contributed by atoms with E-state index in [1.54, 1.807) is 6.07 Å². The van der Waals surface area contributed by atoms with Crippen molar-refractivity contribution in [2.24, 2.45) is 0 Å². The first kappa shape index (κ1) is 18.4. The first-order valence-electron chi connectivity index (χ1n) is 7.97. The molecule has 0 aliphatic heterocycles. The van der Waals surface area contributed by atoms with Crippen molar-refractivity contribution in [3.8, 4) is 0 Å². The van der Waals surface area contributed by atoms with Crippen LogP contribution in [-0.4, -0.2) is 15.9 Å². The molecule has 1 aromatic heterocycles. The number of anilines is 3. The van der Waals surface area contributed by atoms with Gasteiger partial charge in [-0.1, -0.05) is 6.07 Å². The monoisotopic (exact) mass is 372 g/mol. The first-order chi connectivity index (χ1) is 12.8. The van der Waals surface area contributed by atoms with Gasteiger partial charge in [0.05, 0.1) is 5.69 Å². The van der Waals surface area contributed by atoms with Crippen LogP contribution in [0.3, 0.4) is 0 Å². The number of amides is 1. The lowest BCUT2D eigenvalue weighted by Gasteiger charge is -2.09. The highest BCUT2D eigenvalue weighted by Gasteiger charge is 2.15. The van der Waals surface area contributed by atoms with Crippen molar-refractivity contribution in [1.82, 2.24) is 9.97 Å². The summed E-state index contributed by atoms with van der Waals surface area (Å²) in [6.07, 6.45) is 1.29. The van der Waals surface area contributed by atoms with Crippen LogP contribution in [0.25, 0.3) is 0 Å². The minimum absolute atomic E-state index is 0.0220. The van der Waals surface area contributed by atoms with Crippen LogP contribution < -0.4 is 10.6 Å². The highest BCUT2D eigenvalue weighted by Crippen LogP contribution is 2.22. The third-order valence-corrected chi connectivity index (χ3v) is 3.93. The van der Waals surface area contributed by atoms with Gasteiger partial charge in [0, 0.05) is 11.9 Å². The molecule has 0 saturated heterocycles. The second kappa shape index (κ2) is 7.45. The first-order valence-corrected chi connectivity index (χ1v) is 7.97. The maximum Gasteiger partial charge on any atom is 0.274 e. The molecule has 0 aliphatic rings. The molecular weight excluding hydrogens is 357 g/mol. The van der Waals surface area contributed by atoms with Gasteiger partial charge in [-0.2, -0.15) is 0 Å². The Labute approximate surface area is 153 Å². The molecule has 138 valence electrons. The fraction of sp³-hybridized carbons (Fsp3) is 0.105. The van der Waals surface area contributed by atoms with E-state index in [0.29, 0.717) is 5.69 Å². The van der Waals surface area contributed by atoms with E-state index in [1.165, 1.54) is 12.3 Å². The van der Waals surface area contributed by atoms with Gasteiger partial charge in [0.1, 0.15) is 5.69 Å². The van der Waals surface area contributed by atoms with Gasteiger partial charge in [-0.05, 0) is 55.3 Å². The van der Waals surface area contributed by atoms with Gasteiger partial charge in [0.15, 0.2) is 17.5 Å². The van der Waals surface area contributed by atoms with Gasteiger partial charge in [0.2, 0.25) is 5.95 Å². The number of aromatic nitrogens is 2. The molecule has 3 rings (SSSR count). The van der Waals surface area contributed by atoms with Crippen molar-refractivity contribution in [3.05, 3.63) is 76.9 Å². The van der Waals surface area contributed by atoms with Gasteiger partial charge in [-0.15, -0.1) is 0 Å². The second-order valence-electron chi connectivity index (χ2n) is 5.87. The van der Waals surface area contributed by atoms with E-state index in [1.807, 2.05) is 26.0 Å². The van der Waals surface area contributed by atoms with Crippen LogP contribution in [0.4, 0.5) is 30.5 Å². The molecule has 27 heavy (non-hydrogen) atoms. The van der Waals surface area contributed by atoms with Crippen molar-refractivity contribution in [3.63, 3.8) is 0 Å². The summed E-state index contributed by atoms with van der Waals surface area (Å²) in [6, 6.07) is 8.63. The zero-order valence-corrected chi connectivity index (χ0v) is 14.5. The van der Waals surface area contributed by atoms with Crippen LogP contribution in [-0.2, 0) is 0 Å². The summed E-state index contributed by atoms with van der Waals surface area (Å²) in [5.41, 5.74) is 2.39. The molecule has 0 atom stereocenters. The summed E-state index contributed by atoms with van der Waals surface area (Å²) in [5.74, 6) is -4.94. The minimum atomic E-state index is -1.61. The largest absolute Gasteiger partial charge is 0.322 e. The van der Waals surface area contributed by atoms with Crippen LogP contribution >= 0.6 is 0 Å². The molecule has 0 aliphatic carbocycles. The Kier molecular flexibility index (Phi) is 5.07. The molecule has 0 unspecified atom stereocenters. The van der Waals surface area contributed by atoms with E-state index in [4.69, 9.17) is 0 Å². The lowest BCUT2D eigenvalue weighted by molar-refractivity contribution is 0.102. The van der Waals surface area contributed by atoms with Gasteiger partial charge in [-0.3, -0.25) is 4.79 Å². The lowest BCUT2D eigenvalue weighted by atomic mass is 10.1. The summed E-state index contributed by atoms with van der Waals surface area (Å²) in [6.45, 7) is 3.88. The molecule has 0 radical (unpaired) electrons. The number of carbonyl (C=O) groups is 1. The standard InChI is InChI=1S/C19H15F3N4O/c1-10-3-4-12(9-11(10)2)24-18(27)15-7-8-23-19(26-15)25-14-6-5-13(20)16(21)17(14)22/h3-9H,1-2H3,(H,24,27)(H,23,25,26). The van der Waals surface area contributed by atoms with Crippen LogP contribution in [0.2, 0.25) is 0 Å². The van der Waals surface area contributed by atoms with Crippen molar-refractivity contribution in [1.29, 1.82) is 0 Å². The fourth-order valence-corrected chi connectivity index (χ4v) is 2.30. The van der Waals surface area contributed by atoms with Crippen molar-refractivity contribution >= 4 is 23.2 Å². The third kappa shape index (κ3) is 4.05. The SMILES string of the molecule is Cc1ccc(NC(=O)c2ccnc(Nc3ccc(F)c(F)c3F)n2)cc1C. The third-order valence-electron chi connectivity index (χ3n) is 3.93. The topological polar surface area (TPSA) is 66.9 Å². The predicted octanol–water partition coefficient (Wildman–Crippen LogP) is 4.51. The molecule has 8 heteroatoms. The molecule has 0 bridgehead atoms. The van der Waals surface area contributed by atoms with Crippen LogP contribution in [0, 0.1) is 31.3 Å². The lowest BCUT2D eigenvalue weighted by Crippen LogP contribution is -2.15. The van der Waals surface area contributed by atoms with E-state index < -0.39 is 23.4 Å². The Morgan fingerprint density at radius 3 is 2.48 bits per heavy atom.